The van der Waals surface area contributed by atoms with Gasteiger partial charge in [0.1, 0.15) is 0 Å². The van der Waals surface area contributed by atoms with Gasteiger partial charge in [-0.2, -0.15) is 0 Å². The van der Waals surface area contributed by atoms with Gasteiger partial charge < -0.3 is 0 Å². The van der Waals surface area contributed by atoms with Crippen LogP contribution in [-0.4, -0.2) is 8.76 Å². The maximum absolute atomic E-state index is 10.9. The van der Waals surface area contributed by atoms with Crippen molar-refractivity contribution >= 4 is 11.3 Å². The Balaban J connectivity index is 2.30. The van der Waals surface area contributed by atoms with Crippen molar-refractivity contribution in [1.82, 2.24) is 4.72 Å². The lowest BCUT2D eigenvalue weighted by atomic mass is 9.89. The fourth-order valence-corrected chi connectivity index (χ4v) is 3.01. The third-order valence-corrected chi connectivity index (χ3v) is 3.63. The van der Waals surface area contributed by atoms with Crippen LogP contribution >= 0.6 is 0 Å². The van der Waals surface area contributed by atoms with E-state index in [4.69, 9.17) is 4.55 Å². The Morgan fingerprint density at radius 1 is 1.20 bits per heavy atom. The first-order valence-electron chi connectivity index (χ1n) is 5.17. The van der Waals surface area contributed by atoms with Gasteiger partial charge in [0, 0.05) is 0 Å². The summed E-state index contributed by atoms with van der Waals surface area (Å²) in [6.07, 6.45) is 4.09. The van der Waals surface area contributed by atoms with Crippen molar-refractivity contribution in [3.05, 3.63) is 35.9 Å². The van der Waals surface area contributed by atoms with Crippen LogP contribution in [0.3, 0.4) is 0 Å². The van der Waals surface area contributed by atoms with Crippen LogP contribution < -0.4 is 4.72 Å². The zero-order valence-electron chi connectivity index (χ0n) is 8.48. The van der Waals surface area contributed by atoms with Crippen LogP contribution in [0, 0.1) is 0 Å². The summed E-state index contributed by atoms with van der Waals surface area (Å²) >= 11 is -1.95. The van der Waals surface area contributed by atoms with Gasteiger partial charge >= 0.3 is 0 Å². The average Bonchev–Trinajstić information content (AvgIpc) is 2.68. The van der Waals surface area contributed by atoms with E-state index in [1.165, 1.54) is 0 Å². The van der Waals surface area contributed by atoms with E-state index in [1.54, 1.807) is 0 Å². The van der Waals surface area contributed by atoms with E-state index in [1.807, 2.05) is 30.3 Å². The quantitative estimate of drug-likeness (QED) is 0.775. The van der Waals surface area contributed by atoms with E-state index < -0.39 is 11.3 Å². The predicted octanol–water partition coefficient (Wildman–Crippen LogP) is 2.18. The molecule has 0 radical (unpaired) electrons. The Labute approximate surface area is 92.3 Å². The summed E-state index contributed by atoms with van der Waals surface area (Å²) in [6.45, 7) is 0. The van der Waals surface area contributed by atoms with Crippen LogP contribution in [0.15, 0.2) is 30.3 Å². The molecule has 0 bridgehead atoms. The fraction of sp³-hybridized carbons (Fsp3) is 0.455. The molecule has 1 aliphatic carbocycles. The summed E-state index contributed by atoms with van der Waals surface area (Å²) in [4.78, 5) is 0. The predicted molar refractivity (Wildman–Crippen MR) is 60.5 cm³/mol. The highest BCUT2D eigenvalue weighted by molar-refractivity contribution is 7.77. The Hall–Kier alpha value is -0.710. The van der Waals surface area contributed by atoms with Crippen molar-refractivity contribution in [3.63, 3.8) is 0 Å². The summed E-state index contributed by atoms with van der Waals surface area (Å²) in [5.41, 5.74) is 0.825. The van der Waals surface area contributed by atoms with E-state index in [-0.39, 0.29) is 5.54 Å². The molecule has 1 aliphatic rings. The third-order valence-electron chi connectivity index (χ3n) is 3.07. The highest BCUT2D eigenvalue weighted by atomic mass is 32.2. The SMILES string of the molecule is O=S(O)NC1(c2ccccc2)CCCC1. The molecular weight excluding hydrogens is 210 g/mol. The molecule has 1 fully saturated rings. The number of nitrogens with one attached hydrogen (secondary N) is 1. The van der Waals surface area contributed by atoms with E-state index >= 15 is 0 Å². The van der Waals surface area contributed by atoms with Crippen molar-refractivity contribution in [2.75, 3.05) is 0 Å². The Kier molecular flexibility index (Phi) is 3.19. The van der Waals surface area contributed by atoms with Gasteiger partial charge in [0.15, 0.2) is 0 Å². The molecule has 1 aromatic carbocycles. The van der Waals surface area contributed by atoms with Crippen LogP contribution in [0.1, 0.15) is 31.2 Å². The zero-order valence-corrected chi connectivity index (χ0v) is 9.30. The van der Waals surface area contributed by atoms with E-state index in [2.05, 4.69) is 4.72 Å². The van der Waals surface area contributed by atoms with Crippen molar-refractivity contribution in [2.24, 2.45) is 0 Å². The lowest BCUT2D eigenvalue weighted by Crippen LogP contribution is -2.40. The topological polar surface area (TPSA) is 49.3 Å². The molecule has 4 heteroatoms. The normalized spacial score (nSPS) is 21.4. The summed E-state index contributed by atoms with van der Waals surface area (Å²) < 4.78 is 22.7. The molecule has 0 heterocycles. The van der Waals surface area contributed by atoms with Crippen LogP contribution in [-0.2, 0) is 16.8 Å². The van der Waals surface area contributed by atoms with Crippen molar-refractivity contribution in [2.45, 2.75) is 31.2 Å². The lowest BCUT2D eigenvalue weighted by molar-refractivity contribution is 0.398. The first-order valence-corrected chi connectivity index (χ1v) is 6.28. The van der Waals surface area contributed by atoms with Gasteiger partial charge in [-0.15, -0.1) is 0 Å². The number of rotatable bonds is 3. The second-order valence-corrected chi connectivity index (χ2v) is 4.71. The molecule has 3 nitrogen and oxygen atoms in total. The minimum Gasteiger partial charge on any atom is -0.294 e. The smallest absolute Gasteiger partial charge is 0.232 e. The standard InChI is InChI=1S/C11H15NO2S/c13-15(14)12-11(8-4-5-9-11)10-6-2-1-3-7-10/h1-3,6-7,12H,4-5,8-9H2,(H,13,14). The molecule has 15 heavy (non-hydrogen) atoms. The zero-order chi connectivity index (χ0) is 10.7. The van der Waals surface area contributed by atoms with Gasteiger partial charge in [0.25, 0.3) is 0 Å². The van der Waals surface area contributed by atoms with Gasteiger partial charge in [0.05, 0.1) is 5.54 Å². The largest absolute Gasteiger partial charge is 0.294 e. The van der Waals surface area contributed by atoms with E-state index in [0.29, 0.717) is 0 Å². The second kappa shape index (κ2) is 4.43. The van der Waals surface area contributed by atoms with Gasteiger partial charge in [-0.05, 0) is 18.4 Å². The van der Waals surface area contributed by atoms with Gasteiger partial charge in [-0.25, -0.2) is 8.93 Å². The minimum atomic E-state index is -1.95. The number of hydrogen-bond donors (Lipinski definition) is 2. The van der Waals surface area contributed by atoms with Gasteiger partial charge in [-0.1, -0.05) is 43.2 Å². The molecule has 1 saturated carbocycles. The first kappa shape index (κ1) is 10.8. The summed E-state index contributed by atoms with van der Waals surface area (Å²) in [5.74, 6) is 0. The maximum Gasteiger partial charge on any atom is 0.232 e. The molecule has 0 aliphatic heterocycles. The molecule has 1 atom stereocenters. The molecular formula is C11H15NO2S. The third kappa shape index (κ3) is 2.27. The Morgan fingerprint density at radius 3 is 2.33 bits per heavy atom. The van der Waals surface area contributed by atoms with Crippen LogP contribution in [0.2, 0.25) is 0 Å². The highest BCUT2D eigenvalue weighted by Gasteiger charge is 2.36. The molecule has 1 aromatic rings. The summed E-state index contributed by atoms with van der Waals surface area (Å²) in [5, 5.41) is 0. The Morgan fingerprint density at radius 2 is 1.80 bits per heavy atom. The average molecular weight is 225 g/mol. The van der Waals surface area contributed by atoms with Crippen molar-refractivity contribution in [1.29, 1.82) is 0 Å². The van der Waals surface area contributed by atoms with E-state index in [0.717, 1.165) is 31.2 Å². The molecule has 0 saturated heterocycles. The molecule has 0 amide bonds. The Bertz CT molecular complexity index is 347. The minimum absolute atomic E-state index is 0.291. The van der Waals surface area contributed by atoms with Crippen molar-refractivity contribution in [3.8, 4) is 0 Å². The summed E-state index contributed by atoms with van der Waals surface area (Å²) in [6, 6.07) is 9.94. The molecule has 0 spiro atoms. The molecule has 82 valence electrons. The lowest BCUT2D eigenvalue weighted by Gasteiger charge is -2.28. The van der Waals surface area contributed by atoms with Gasteiger partial charge in [-0.3, -0.25) is 4.55 Å². The first-order chi connectivity index (χ1) is 7.23. The van der Waals surface area contributed by atoms with Crippen LogP contribution in [0.25, 0.3) is 0 Å². The monoisotopic (exact) mass is 225 g/mol. The molecule has 2 rings (SSSR count). The highest BCUT2D eigenvalue weighted by Crippen LogP contribution is 2.38. The molecule has 0 aromatic heterocycles. The number of benzene rings is 1. The van der Waals surface area contributed by atoms with Crippen LogP contribution in [0.5, 0.6) is 0 Å². The van der Waals surface area contributed by atoms with Gasteiger partial charge in [0.2, 0.25) is 11.3 Å². The summed E-state index contributed by atoms with van der Waals surface area (Å²) in [7, 11) is 0. The van der Waals surface area contributed by atoms with Crippen LogP contribution in [0.4, 0.5) is 0 Å². The maximum atomic E-state index is 10.9. The van der Waals surface area contributed by atoms with E-state index in [9.17, 15) is 4.21 Å². The number of hydrogen-bond acceptors (Lipinski definition) is 1. The van der Waals surface area contributed by atoms with Crippen molar-refractivity contribution < 1.29 is 8.76 Å². The second-order valence-electron chi connectivity index (χ2n) is 4.01. The fourth-order valence-electron chi connectivity index (χ4n) is 2.35. The molecule has 2 N–H and O–H groups in total. The molecule has 1 unspecified atom stereocenters.